The zero-order chi connectivity index (χ0) is 21.7. The summed E-state index contributed by atoms with van der Waals surface area (Å²) in [6, 6.07) is 24.2. The van der Waals surface area contributed by atoms with Crippen molar-refractivity contribution < 1.29 is 19.0 Å². The van der Waals surface area contributed by atoms with Crippen LogP contribution in [-0.4, -0.2) is 42.9 Å². The molecule has 4 nitrogen and oxygen atoms in total. The molecule has 2 atom stereocenters. The standard InChI is InChI=1S/C26H28FNO3/c1-30-24-13-12-23(27)16-21(24)17-26(29,22-10-6-3-7-11-22)25-19-28(14-15-31-25)18-20-8-4-2-5-9-20/h2-13,16,25,29H,14-15,17-19H2,1H3. The van der Waals surface area contributed by atoms with Gasteiger partial charge in [0.2, 0.25) is 0 Å². The molecule has 0 saturated carbocycles. The minimum absolute atomic E-state index is 0.182. The molecule has 2 unspecified atom stereocenters. The highest BCUT2D eigenvalue weighted by Crippen LogP contribution is 2.36. The van der Waals surface area contributed by atoms with Crippen molar-refractivity contribution in [2.75, 3.05) is 26.8 Å². The van der Waals surface area contributed by atoms with E-state index >= 15 is 0 Å². The molecule has 1 heterocycles. The molecule has 1 aliphatic rings. The number of hydrogen-bond acceptors (Lipinski definition) is 4. The molecule has 162 valence electrons. The van der Waals surface area contributed by atoms with E-state index in [1.807, 2.05) is 48.5 Å². The number of benzene rings is 3. The normalized spacial score (nSPS) is 19.0. The maximum absolute atomic E-state index is 14.0. The molecule has 31 heavy (non-hydrogen) atoms. The van der Waals surface area contributed by atoms with Gasteiger partial charge in [-0.05, 0) is 29.3 Å². The van der Waals surface area contributed by atoms with Crippen molar-refractivity contribution in [3.63, 3.8) is 0 Å². The van der Waals surface area contributed by atoms with Gasteiger partial charge in [0.25, 0.3) is 0 Å². The second kappa shape index (κ2) is 9.60. The van der Waals surface area contributed by atoms with E-state index < -0.39 is 11.7 Å². The summed E-state index contributed by atoms with van der Waals surface area (Å²) >= 11 is 0. The van der Waals surface area contributed by atoms with Crippen LogP contribution in [0.2, 0.25) is 0 Å². The molecule has 3 aromatic rings. The fraction of sp³-hybridized carbons (Fsp3) is 0.308. The third-order valence-electron chi connectivity index (χ3n) is 5.91. The molecule has 1 saturated heterocycles. The molecule has 4 rings (SSSR count). The number of ether oxygens (including phenoxy) is 2. The van der Waals surface area contributed by atoms with Gasteiger partial charge < -0.3 is 14.6 Å². The number of halogens is 1. The largest absolute Gasteiger partial charge is 0.496 e. The molecule has 0 aromatic heterocycles. The molecule has 1 N–H and O–H groups in total. The zero-order valence-corrected chi connectivity index (χ0v) is 17.7. The van der Waals surface area contributed by atoms with E-state index in [4.69, 9.17) is 9.47 Å². The Hall–Kier alpha value is -2.73. The molecule has 3 aromatic carbocycles. The van der Waals surface area contributed by atoms with Crippen molar-refractivity contribution in [1.82, 2.24) is 4.90 Å². The second-order valence-electron chi connectivity index (χ2n) is 8.00. The lowest BCUT2D eigenvalue weighted by Crippen LogP contribution is -2.53. The van der Waals surface area contributed by atoms with E-state index in [2.05, 4.69) is 17.0 Å². The predicted octanol–water partition coefficient (Wildman–Crippen LogP) is 4.17. The van der Waals surface area contributed by atoms with Gasteiger partial charge in [0.05, 0.1) is 13.7 Å². The highest BCUT2D eigenvalue weighted by molar-refractivity contribution is 5.38. The van der Waals surface area contributed by atoms with E-state index in [-0.39, 0.29) is 12.2 Å². The van der Waals surface area contributed by atoms with E-state index in [9.17, 15) is 9.50 Å². The third-order valence-corrected chi connectivity index (χ3v) is 5.91. The first-order chi connectivity index (χ1) is 15.1. The number of nitrogens with zero attached hydrogens (tertiary/aromatic N) is 1. The van der Waals surface area contributed by atoms with Crippen LogP contribution in [0.25, 0.3) is 0 Å². The van der Waals surface area contributed by atoms with Gasteiger partial charge in [-0.2, -0.15) is 0 Å². The topological polar surface area (TPSA) is 41.9 Å². The highest BCUT2D eigenvalue weighted by atomic mass is 19.1. The Morgan fingerprint density at radius 1 is 1.06 bits per heavy atom. The van der Waals surface area contributed by atoms with Gasteiger partial charge in [0, 0.05) is 31.6 Å². The third kappa shape index (κ3) is 4.96. The van der Waals surface area contributed by atoms with Gasteiger partial charge in [0.15, 0.2) is 0 Å². The fourth-order valence-corrected chi connectivity index (χ4v) is 4.28. The molecule has 0 spiro atoms. The number of morpholine rings is 1. The van der Waals surface area contributed by atoms with E-state index in [0.717, 1.165) is 18.7 Å². The Morgan fingerprint density at radius 2 is 1.77 bits per heavy atom. The summed E-state index contributed by atoms with van der Waals surface area (Å²) in [4.78, 5) is 2.29. The summed E-state index contributed by atoms with van der Waals surface area (Å²) in [6.45, 7) is 2.67. The monoisotopic (exact) mass is 421 g/mol. The Labute approximate surface area is 182 Å². The van der Waals surface area contributed by atoms with Crippen LogP contribution in [-0.2, 0) is 23.3 Å². The van der Waals surface area contributed by atoms with E-state index in [1.165, 1.54) is 17.7 Å². The summed E-state index contributed by atoms with van der Waals surface area (Å²) in [5, 5.41) is 12.0. The van der Waals surface area contributed by atoms with Gasteiger partial charge in [0.1, 0.15) is 23.3 Å². The summed E-state index contributed by atoms with van der Waals surface area (Å²) in [7, 11) is 1.55. The molecule has 0 radical (unpaired) electrons. The van der Waals surface area contributed by atoms with Gasteiger partial charge in [-0.15, -0.1) is 0 Å². The lowest BCUT2D eigenvalue weighted by molar-refractivity contribution is -0.150. The van der Waals surface area contributed by atoms with E-state index in [0.29, 0.717) is 24.5 Å². The van der Waals surface area contributed by atoms with Crippen LogP contribution in [0.5, 0.6) is 5.75 Å². The molecular formula is C26H28FNO3. The maximum atomic E-state index is 14.0. The molecular weight excluding hydrogens is 393 g/mol. The number of aliphatic hydroxyl groups is 1. The van der Waals surface area contributed by atoms with Crippen molar-refractivity contribution in [2.24, 2.45) is 0 Å². The first kappa shape index (κ1) is 21.5. The van der Waals surface area contributed by atoms with Crippen molar-refractivity contribution in [3.05, 3.63) is 101 Å². The van der Waals surface area contributed by atoms with Crippen molar-refractivity contribution >= 4 is 0 Å². The van der Waals surface area contributed by atoms with Gasteiger partial charge >= 0.3 is 0 Å². The molecule has 0 bridgehead atoms. The Morgan fingerprint density at radius 3 is 2.48 bits per heavy atom. The maximum Gasteiger partial charge on any atom is 0.123 e. The summed E-state index contributed by atoms with van der Waals surface area (Å²) in [5.74, 6) is 0.189. The minimum atomic E-state index is -1.34. The average molecular weight is 422 g/mol. The van der Waals surface area contributed by atoms with Crippen LogP contribution in [0.3, 0.4) is 0 Å². The smallest absolute Gasteiger partial charge is 0.123 e. The van der Waals surface area contributed by atoms with Gasteiger partial charge in [-0.1, -0.05) is 60.7 Å². The quantitative estimate of drug-likeness (QED) is 0.622. The first-order valence-corrected chi connectivity index (χ1v) is 10.6. The van der Waals surface area contributed by atoms with Crippen molar-refractivity contribution in [2.45, 2.75) is 24.7 Å². The molecule has 1 aliphatic heterocycles. The Kier molecular flexibility index (Phi) is 6.66. The SMILES string of the molecule is COc1ccc(F)cc1CC(O)(c1ccccc1)C1CN(Cc2ccccc2)CCO1. The van der Waals surface area contributed by atoms with Gasteiger partial charge in [-0.25, -0.2) is 4.39 Å². The summed E-state index contributed by atoms with van der Waals surface area (Å²) in [5.41, 5.74) is 1.24. The molecule has 5 heteroatoms. The fourth-order valence-electron chi connectivity index (χ4n) is 4.28. The van der Waals surface area contributed by atoms with Crippen LogP contribution in [0, 0.1) is 5.82 Å². The van der Waals surface area contributed by atoms with Gasteiger partial charge in [-0.3, -0.25) is 4.90 Å². The van der Waals surface area contributed by atoms with Crippen molar-refractivity contribution in [3.8, 4) is 5.75 Å². The first-order valence-electron chi connectivity index (χ1n) is 10.6. The lowest BCUT2D eigenvalue weighted by Gasteiger charge is -2.42. The second-order valence-corrected chi connectivity index (χ2v) is 8.00. The van der Waals surface area contributed by atoms with E-state index in [1.54, 1.807) is 13.2 Å². The summed E-state index contributed by atoms with van der Waals surface area (Å²) in [6.07, 6.45) is -0.290. The number of hydrogen-bond donors (Lipinski definition) is 1. The van der Waals surface area contributed by atoms with Crippen LogP contribution in [0.1, 0.15) is 16.7 Å². The summed E-state index contributed by atoms with van der Waals surface area (Å²) < 4.78 is 25.6. The lowest BCUT2D eigenvalue weighted by atomic mass is 9.81. The highest BCUT2D eigenvalue weighted by Gasteiger charge is 2.42. The average Bonchev–Trinajstić information content (AvgIpc) is 2.81. The van der Waals surface area contributed by atoms with Crippen LogP contribution in [0.4, 0.5) is 4.39 Å². The Balaban J connectivity index is 1.64. The molecule has 0 aliphatic carbocycles. The number of methoxy groups -OCH3 is 1. The molecule has 0 amide bonds. The minimum Gasteiger partial charge on any atom is -0.496 e. The van der Waals surface area contributed by atoms with Crippen LogP contribution < -0.4 is 4.74 Å². The van der Waals surface area contributed by atoms with Crippen molar-refractivity contribution in [1.29, 1.82) is 0 Å². The number of rotatable bonds is 7. The predicted molar refractivity (Wildman–Crippen MR) is 118 cm³/mol. The molecule has 1 fully saturated rings. The Bertz CT molecular complexity index is 982. The van der Waals surface area contributed by atoms with Crippen LogP contribution >= 0.6 is 0 Å². The zero-order valence-electron chi connectivity index (χ0n) is 17.7. The van der Waals surface area contributed by atoms with Crippen LogP contribution in [0.15, 0.2) is 78.9 Å².